The second-order valence-electron chi connectivity index (χ2n) is 8.05. The van der Waals surface area contributed by atoms with E-state index >= 15 is 0 Å². The van der Waals surface area contributed by atoms with E-state index in [4.69, 9.17) is 5.73 Å². The van der Waals surface area contributed by atoms with Crippen molar-refractivity contribution in [2.75, 3.05) is 13.6 Å². The summed E-state index contributed by atoms with van der Waals surface area (Å²) in [5.74, 6) is -0.798. The van der Waals surface area contributed by atoms with Crippen LogP contribution < -0.4 is 11.1 Å². The Morgan fingerprint density at radius 3 is 2.69 bits per heavy atom. The molecule has 1 saturated heterocycles. The molecule has 0 bridgehead atoms. The first-order valence-corrected chi connectivity index (χ1v) is 8.88. The van der Waals surface area contributed by atoms with E-state index in [-0.39, 0.29) is 29.7 Å². The number of nitrogens with one attached hydrogen (secondary N) is 1. The monoisotopic (exact) mass is 358 g/mol. The van der Waals surface area contributed by atoms with Crippen molar-refractivity contribution in [2.45, 2.75) is 51.4 Å². The van der Waals surface area contributed by atoms with Gasteiger partial charge in [0.25, 0.3) is 5.91 Å². The van der Waals surface area contributed by atoms with Gasteiger partial charge in [0.2, 0.25) is 11.8 Å². The van der Waals surface area contributed by atoms with E-state index in [0.717, 1.165) is 24.2 Å². The van der Waals surface area contributed by atoms with Gasteiger partial charge in [0, 0.05) is 37.2 Å². The van der Waals surface area contributed by atoms with Crippen LogP contribution in [0.2, 0.25) is 0 Å². The Kier molecular flexibility index (Phi) is 4.86. The Hall–Kier alpha value is -2.25. The summed E-state index contributed by atoms with van der Waals surface area (Å²) in [5, 5.41) is 2.32. The van der Waals surface area contributed by atoms with E-state index in [0.29, 0.717) is 18.5 Å². The van der Waals surface area contributed by atoms with Crippen molar-refractivity contribution in [1.29, 1.82) is 0 Å². The van der Waals surface area contributed by atoms with Crippen LogP contribution in [0.3, 0.4) is 0 Å². The maximum Gasteiger partial charge on any atom is 0.255 e. The fourth-order valence-corrected chi connectivity index (χ4v) is 3.79. The number of hydrogen-bond donors (Lipinski definition) is 2. The molecule has 1 aromatic rings. The molecule has 1 unspecified atom stereocenters. The number of rotatable bonds is 5. The Morgan fingerprint density at radius 1 is 1.31 bits per heavy atom. The number of piperidine rings is 1. The molecule has 26 heavy (non-hydrogen) atoms. The smallest absolute Gasteiger partial charge is 0.255 e. The first-order valence-electron chi connectivity index (χ1n) is 8.88. The lowest BCUT2D eigenvalue weighted by molar-refractivity contribution is -0.136. The summed E-state index contributed by atoms with van der Waals surface area (Å²) in [6.45, 7) is 5.87. The summed E-state index contributed by atoms with van der Waals surface area (Å²) in [6.07, 6.45) is 0.646. The Bertz CT molecular complexity index is 754. The largest absolute Gasteiger partial charge is 0.324 e. The molecule has 7 nitrogen and oxygen atoms in total. The van der Waals surface area contributed by atoms with Crippen LogP contribution in [0.5, 0.6) is 0 Å². The van der Waals surface area contributed by atoms with E-state index in [1.165, 1.54) is 0 Å². The topological polar surface area (TPSA) is 95.7 Å². The number of likely N-dealkylation sites (N-methyl/N-ethyl adjacent to an activating group) is 1. The summed E-state index contributed by atoms with van der Waals surface area (Å²) in [4.78, 5) is 39.8. The summed E-state index contributed by atoms with van der Waals surface area (Å²) in [6, 6.07) is 5.24. The molecular formula is C19H26N4O3. The molecule has 140 valence electrons. The third-order valence-electron chi connectivity index (χ3n) is 4.72. The van der Waals surface area contributed by atoms with Crippen molar-refractivity contribution < 1.29 is 14.4 Å². The zero-order chi connectivity index (χ0) is 19.1. The highest BCUT2D eigenvalue weighted by Crippen LogP contribution is 2.28. The Labute approximate surface area is 153 Å². The molecule has 2 heterocycles. The summed E-state index contributed by atoms with van der Waals surface area (Å²) >= 11 is 0. The van der Waals surface area contributed by atoms with E-state index in [2.05, 4.69) is 10.2 Å². The van der Waals surface area contributed by atoms with Gasteiger partial charge in [0.15, 0.2) is 0 Å². The highest BCUT2D eigenvalue weighted by molar-refractivity contribution is 6.05. The van der Waals surface area contributed by atoms with Crippen molar-refractivity contribution in [3.05, 3.63) is 34.9 Å². The second kappa shape index (κ2) is 6.81. The van der Waals surface area contributed by atoms with Crippen molar-refractivity contribution in [3.63, 3.8) is 0 Å². The first-order chi connectivity index (χ1) is 12.1. The SMILES string of the molecule is CN(Cc1ccc2c(c1)CN(C1CCC(=O)NC1=O)C2=O)CC(C)(C)N. The molecule has 3 amide bonds. The second-order valence-corrected chi connectivity index (χ2v) is 8.05. The minimum absolute atomic E-state index is 0.141. The number of imide groups is 1. The zero-order valence-electron chi connectivity index (χ0n) is 15.5. The van der Waals surface area contributed by atoms with Gasteiger partial charge >= 0.3 is 0 Å². The number of hydrogen-bond acceptors (Lipinski definition) is 5. The molecule has 0 saturated carbocycles. The van der Waals surface area contributed by atoms with Gasteiger partial charge < -0.3 is 15.5 Å². The van der Waals surface area contributed by atoms with Crippen LogP contribution in [0.15, 0.2) is 18.2 Å². The van der Waals surface area contributed by atoms with Crippen molar-refractivity contribution in [1.82, 2.24) is 15.1 Å². The number of carbonyl (C=O) groups excluding carboxylic acids is 3. The predicted molar refractivity (Wildman–Crippen MR) is 97.1 cm³/mol. The number of nitrogens with two attached hydrogens (primary N) is 1. The molecule has 3 rings (SSSR count). The third kappa shape index (κ3) is 3.94. The summed E-state index contributed by atoms with van der Waals surface area (Å²) in [7, 11) is 2.02. The van der Waals surface area contributed by atoms with Crippen molar-refractivity contribution in [2.24, 2.45) is 5.73 Å². The number of nitrogens with zero attached hydrogens (tertiary/aromatic N) is 2. The lowest BCUT2D eigenvalue weighted by Crippen LogP contribution is -2.52. The maximum absolute atomic E-state index is 12.7. The van der Waals surface area contributed by atoms with Gasteiger partial charge in [0.05, 0.1) is 0 Å². The van der Waals surface area contributed by atoms with Crippen LogP contribution in [0.25, 0.3) is 0 Å². The molecule has 0 aliphatic carbocycles. The Morgan fingerprint density at radius 2 is 2.04 bits per heavy atom. The van der Waals surface area contributed by atoms with Crippen LogP contribution in [-0.2, 0) is 22.7 Å². The lowest BCUT2D eigenvalue weighted by Gasteiger charge is -2.29. The molecule has 3 N–H and O–H groups in total. The molecule has 1 aromatic carbocycles. The molecule has 0 radical (unpaired) electrons. The minimum Gasteiger partial charge on any atom is -0.324 e. The van der Waals surface area contributed by atoms with Crippen LogP contribution in [0.1, 0.15) is 48.2 Å². The summed E-state index contributed by atoms with van der Waals surface area (Å²) < 4.78 is 0. The fraction of sp³-hybridized carbons (Fsp3) is 0.526. The van der Waals surface area contributed by atoms with E-state index in [9.17, 15) is 14.4 Å². The van der Waals surface area contributed by atoms with Gasteiger partial charge in [-0.2, -0.15) is 0 Å². The highest BCUT2D eigenvalue weighted by atomic mass is 16.2. The van der Waals surface area contributed by atoms with Gasteiger partial charge in [-0.05, 0) is 44.5 Å². The maximum atomic E-state index is 12.7. The fourth-order valence-electron chi connectivity index (χ4n) is 3.79. The van der Waals surface area contributed by atoms with E-state index < -0.39 is 6.04 Å². The molecule has 2 aliphatic heterocycles. The van der Waals surface area contributed by atoms with E-state index in [1.807, 2.05) is 39.1 Å². The van der Waals surface area contributed by atoms with E-state index in [1.54, 1.807) is 4.90 Å². The van der Waals surface area contributed by atoms with Crippen LogP contribution in [0, 0.1) is 0 Å². The molecule has 7 heteroatoms. The minimum atomic E-state index is -0.572. The molecule has 0 spiro atoms. The molecule has 0 aromatic heterocycles. The molecule has 2 aliphatic rings. The zero-order valence-corrected chi connectivity index (χ0v) is 15.5. The van der Waals surface area contributed by atoms with Gasteiger partial charge in [-0.25, -0.2) is 0 Å². The van der Waals surface area contributed by atoms with Gasteiger partial charge in [0.1, 0.15) is 6.04 Å². The quantitative estimate of drug-likeness (QED) is 0.752. The number of amides is 3. The molecule has 1 fully saturated rings. The predicted octanol–water partition coefficient (Wildman–Crippen LogP) is 0.617. The van der Waals surface area contributed by atoms with Crippen LogP contribution >= 0.6 is 0 Å². The number of fused-ring (bicyclic) bond motifs is 1. The highest BCUT2D eigenvalue weighted by Gasteiger charge is 2.39. The van der Waals surface area contributed by atoms with Crippen molar-refractivity contribution in [3.8, 4) is 0 Å². The Balaban J connectivity index is 1.72. The first kappa shape index (κ1) is 18.5. The average Bonchev–Trinajstić information content (AvgIpc) is 2.82. The standard InChI is InChI=1S/C19H26N4O3/c1-19(2,20)11-22(3)9-12-4-5-14-13(8-12)10-23(18(14)26)15-6-7-16(24)21-17(15)25/h4-5,8,15H,6-7,9-11,20H2,1-3H3,(H,21,24,25). The number of carbonyl (C=O) groups is 3. The van der Waals surface area contributed by atoms with Gasteiger partial charge in [-0.15, -0.1) is 0 Å². The van der Waals surface area contributed by atoms with Crippen molar-refractivity contribution >= 4 is 17.7 Å². The normalized spacial score (nSPS) is 20.6. The van der Waals surface area contributed by atoms with Gasteiger partial charge in [-0.1, -0.05) is 12.1 Å². The third-order valence-corrected chi connectivity index (χ3v) is 4.72. The average molecular weight is 358 g/mol. The number of benzene rings is 1. The van der Waals surface area contributed by atoms with Gasteiger partial charge in [-0.3, -0.25) is 19.7 Å². The van der Waals surface area contributed by atoms with Crippen LogP contribution in [-0.4, -0.2) is 52.7 Å². The van der Waals surface area contributed by atoms with Crippen LogP contribution in [0.4, 0.5) is 0 Å². The summed E-state index contributed by atoms with van der Waals surface area (Å²) in [5.41, 5.74) is 8.47. The molecule has 1 atom stereocenters. The molecular weight excluding hydrogens is 332 g/mol. The lowest BCUT2D eigenvalue weighted by atomic mass is 10.0.